The van der Waals surface area contributed by atoms with E-state index in [2.05, 4.69) is 15.3 Å². The van der Waals surface area contributed by atoms with E-state index >= 15 is 0 Å². The first-order valence-corrected chi connectivity index (χ1v) is 7.14. The van der Waals surface area contributed by atoms with Gasteiger partial charge >= 0.3 is 0 Å². The molecule has 0 aliphatic carbocycles. The van der Waals surface area contributed by atoms with E-state index in [9.17, 15) is 0 Å². The van der Waals surface area contributed by atoms with Crippen molar-refractivity contribution in [1.82, 2.24) is 9.97 Å². The predicted molar refractivity (Wildman–Crippen MR) is 81.5 cm³/mol. The van der Waals surface area contributed by atoms with Crippen molar-refractivity contribution >= 4 is 16.9 Å². The predicted octanol–water partition coefficient (Wildman–Crippen LogP) is 1.57. The standard InChI is InChI=1S/C15H21N3O3/c1-2-21-13-3-4-14-11(9-13)10-16-15(18-14)17-12(5-7-19)6-8-20/h3-4,9-10,12,19-20H,2,5-8H2,1H3,(H,16,17,18). The molecule has 0 atom stereocenters. The Morgan fingerprint density at radius 3 is 2.67 bits per heavy atom. The zero-order valence-corrected chi connectivity index (χ0v) is 12.1. The highest BCUT2D eigenvalue weighted by Gasteiger charge is 2.09. The highest BCUT2D eigenvalue weighted by Crippen LogP contribution is 2.20. The fraction of sp³-hybridized carbons (Fsp3) is 0.467. The van der Waals surface area contributed by atoms with Crippen LogP contribution in [-0.2, 0) is 0 Å². The molecule has 2 aromatic rings. The number of anilines is 1. The van der Waals surface area contributed by atoms with Crippen molar-refractivity contribution in [3.8, 4) is 5.75 Å². The first-order valence-electron chi connectivity index (χ1n) is 7.14. The van der Waals surface area contributed by atoms with E-state index < -0.39 is 0 Å². The molecular weight excluding hydrogens is 270 g/mol. The van der Waals surface area contributed by atoms with Crippen molar-refractivity contribution in [2.75, 3.05) is 25.1 Å². The first-order chi connectivity index (χ1) is 10.3. The minimum Gasteiger partial charge on any atom is -0.494 e. The number of aromatic nitrogens is 2. The fourth-order valence-corrected chi connectivity index (χ4v) is 2.12. The first kappa shape index (κ1) is 15.5. The Bertz CT molecular complexity index is 571. The molecule has 0 unspecified atom stereocenters. The molecule has 0 radical (unpaired) electrons. The second-order valence-corrected chi connectivity index (χ2v) is 4.71. The average molecular weight is 291 g/mol. The molecule has 114 valence electrons. The van der Waals surface area contributed by atoms with Gasteiger partial charge in [-0.3, -0.25) is 0 Å². The van der Waals surface area contributed by atoms with Crippen molar-refractivity contribution < 1.29 is 14.9 Å². The molecule has 21 heavy (non-hydrogen) atoms. The van der Waals surface area contributed by atoms with Crippen LogP contribution in [-0.4, -0.2) is 46.0 Å². The maximum Gasteiger partial charge on any atom is 0.223 e. The minimum atomic E-state index is -0.0415. The molecule has 0 amide bonds. The Kier molecular flexibility index (Phi) is 5.71. The van der Waals surface area contributed by atoms with Crippen molar-refractivity contribution in [3.05, 3.63) is 24.4 Å². The number of aliphatic hydroxyl groups excluding tert-OH is 2. The highest BCUT2D eigenvalue weighted by molar-refractivity contribution is 5.80. The van der Waals surface area contributed by atoms with Crippen LogP contribution in [0.3, 0.4) is 0 Å². The third kappa shape index (κ3) is 4.27. The number of benzene rings is 1. The lowest BCUT2D eigenvalue weighted by Crippen LogP contribution is -2.23. The zero-order valence-electron chi connectivity index (χ0n) is 12.1. The van der Waals surface area contributed by atoms with Gasteiger partial charge in [0.2, 0.25) is 5.95 Å². The Morgan fingerprint density at radius 2 is 2.00 bits per heavy atom. The molecule has 1 aromatic carbocycles. The van der Waals surface area contributed by atoms with Gasteiger partial charge in [0.1, 0.15) is 5.75 Å². The molecule has 6 heteroatoms. The number of ether oxygens (including phenoxy) is 1. The molecule has 1 heterocycles. The highest BCUT2D eigenvalue weighted by atomic mass is 16.5. The van der Waals surface area contributed by atoms with Crippen LogP contribution < -0.4 is 10.1 Å². The Labute approximate surface area is 123 Å². The smallest absolute Gasteiger partial charge is 0.223 e. The van der Waals surface area contributed by atoms with Crippen molar-refractivity contribution in [2.45, 2.75) is 25.8 Å². The van der Waals surface area contributed by atoms with Gasteiger partial charge in [0.05, 0.1) is 12.1 Å². The normalized spacial score (nSPS) is 11.0. The Hall–Kier alpha value is -1.92. The molecule has 3 N–H and O–H groups in total. The van der Waals surface area contributed by atoms with Crippen LogP contribution in [0.2, 0.25) is 0 Å². The second kappa shape index (κ2) is 7.75. The van der Waals surface area contributed by atoms with E-state index in [1.54, 1.807) is 6.20 Å². The van der Waals surface area contributed by atoms with Gasteiger partial charge in [0.15, 0.2) is 0 Å². The van der Waals surface area contributed by atoms with Gasteiger partial charge in [-0.1, -0.05) is 0 Å². The number of nitrogens with one attached hydrogen (secondary N) is 1. The minimum absolute atomic E-state index is 0.0415. The molecule has 2 rings (SSSR count). The molecule has 6 nitrogen and oxygen atoms in total. The molecule has 1 aromatic heterocycles. The lowest BCUT2D eigenvalue weighted by Gasteiger charge is -2.16. The number of nitrogens with zero attached hydrogens (tertiary/aromatic N) is 2. The fourth-order valence-electron chi connectivity index (χ4n) is 2.12. The third-order valence-electron chi connectivity index (χ3n) is 3.15. The van der Waals surface area contributed by atoms with Crippen LogP contribution in [0.5, 0.6) is 5.75 Å². The SMILES string of the molecule is CCOc1ccc2nc(NC(CCO)CCO)ncc2c1. The van der Waals surface area contributed by atoms with E-state index in [4.69, 9.17) is 14.9 Å². The van der Waals surface area contributed by atoms with Gasteiger partial charge in [0, 0.05) is 30.8 Å². The summed E-state index contributed by atoms with van der Waals surface area (Å²) < 4.78 is 5.45. The molecule has 0 bridgehead atoms. The van der Waals surface area contributed by atoms with Gasteiger partial charge in [-0.25, -0.2) is 9.97 Å². The van der Waals surface area contributed by atoms with E-state index in [0.29, 0.717) is 25.4 Å². The summed E-state index contributed by atoms with van der Waals surface area (Å²) in [5.41, 5.74) is 0.822. The number of rotatable bonds is 8. The third-order valence-corrected chi connectivity index (χ3v) is 3.15. The second-order valence-electron chi connectivity index (χ2n) is 4.71. The summed E-state index contributed by atoms with van der Waals surface area (Å²) in [5, 5.41) is 22.1. The van der Waals surface area contributed by atoms with Gasteiger partial charge in [0.25, 0.3) is 0 Å². The summed E-state index contributed by atoms with van der Waals surface area (Å²) in [4.78, 5) is 8.71. The monoisotopic (exact) mass is 291 g/mol. The van der Waals surface area contributed by atoms with E-state index in [-0.39, 0.29) is 19.3 Å². The molecular formula is C15H21N3O3. The van der Waals surface area contributed by atoms with Gasteiger partial charge in [-0.2, -0.15) is 0 Å². The molecule has 0 fully saturated rings. The lowest BCUT2D eigenvalue weighted by molar-refractivity contribution is 0.247. The van der Waals surface area contributed by atoms with Crippen LogP contribution in [0.25, 0.3) is 10.9 Å². The summed E-state index contributed by atoms with van der Waals surface area (Å²) >= 11 is 0. The van der Waals surface area contributed by atoms with Crippen LogP contribution in [0.1, 0.15) is 19.8 Å². The molecule has 0 aliphatic heterocycles. The van der Waals surface area contributed by atoms with Gasteiger partial charge in [-0.15, -0.1) is 0 Å². The molecule has 0 saturated heterocycles. The van der Waals surface area contributed by atoms with E-state index in [0.717, 1.165) is 16.7 Å². The van der Waals surface area contributed by atoms with Crippen LogP contribution in [0.15, 0.2) is 24.4 Å². The summed E-state index contributed by atoms with van der Waals surface area (Å²) in [6.45, 7) is 2.68. The van der Waals surface area contributed by atoms with Crippen LogP contribution >= 0.6 is 0 Å². The quantitative estimate of drug-likeness (QED) is 0.684. The summed E-state index contributed by atoms with van der Waals surface area (Å²) in [6.07, 6.45) is 2.83. The van der Waals surface area contributed by atoms with E-state index in [1.807, 2.05) is 25.1 Å². The number of hydrogen-bond donors (Lipinski definition) is 3. The maximum atomic E-state index is 9.02. The maximum absolute atomic E-state index is 9.02. The van der Waals surface area contributed by atoms with Crippen molar-refractivity contribution in [3.63, 3.8) is 0 Å². The zero-order chi connectivity index (χ0) is 15.1. The topological polar surface area (TPSA) is 87.5 Å². The van der Waals surface area contributed by atoms with E-state index in [1.165, 1.54) is 0 Å². The average Bonchev–Trinajstić information content (AvgIpc) is 2.48. The summed E-state index contributed by atoms with van der Waals surface area (Å²) in [5.74, 6) is 1.30. The Morgan fingerprint density at radius 1 is 1.24 bits per heavy atom. The van der Waals surface area contributed by atoms with Crippen LogP contribution in [0.4, 0.5) is 5.95 Å². The number of aliphatic hydroxyl groups is 2. The summed E-state index contributed by atoms with van der Waals surface area (Å²) in [7, 11) is 0. The van der Waals surface area contributed by atoms with Gasteiger partial charge in [-0.05, 0) is 38.0 Å². The number of hydrogen-bond acceptors (Lipinski definition) is 6. The molecule has 0 aliphatic rings. The lowest BCUT2D eigenvalue weighted by atomic mass is 10.1. The summed E-state index contributed by atoms with van der Waals surface area (Å²) in [6, 6.07) is 5.63. The largest absolute Gasteiger partial charge is 0.494 e. The van der Waals surface area contributed by atoms with Crippen molar-refractivity contribution in [2.24, 2.45) is 0 Å². The molecule has 0 saturated carbocycles. The van der Waals surface area contributed by atoms with Gasteiger partial charge < -0.3 is 20.3 Å². The molecule has 0 spiro atoms. The van der Waals surface area contributed by atoms with Crippen LogP contribution in [0, 0.1) is 0 Å². The number of fused-ring (bicyclic) bond motifs is 1. The van der Waals surface area contributed by atoms with Crippen molar-refractivity contribution in [1.29, 1.82) is 0 Å². The Balaban J connectivity index is 2.16.